The fourth-order valence-electron chi connectivity index (χ4n) is 2.75. The maximum absolute atomic E-state index is 13.9. The average molecular weight is 328 g/mol. The lowest BCUT2D eigenvalue weighted by molar-refractivity contribution is -0.132. The summed E-state index contributed by atoms with van der Waals surface area (Å²) in [5.74, 6) is -0.382. The first-order valence-corrected chi connectivity index (χ1v) is 8.38. The summed E-state index contributed by atoms with van der Waals surface area (Å²) in [5.41, 5.74) is 7.27. The number of halogens is 1. The Labute approximate surface area is 143 Å². The van der Waals surface area contributed by atoms with E-state index >= 15 is 0 Å². The molecule has 1 unspecified atom stereocenters. The molecule has 0 fully saturated rings. The predicted octanol–water partition coefficient (Wildman–Crippen LogP) is 3.70. The van der Waals surface area contributed by atoms with Crippen LogP contribution in [-0.2, 0) is 11.3 Å². The fraction of sp³-hybridized carbons (Fsp3) is 0.350. The van der Waals surface area contributed by atoms with E-state index in [2.05, 4.69) is 0 Å². The molecule has 0 saturated heterocycles. The van der Waals surface area contributed by atoms with Crippen LogP contribution in [0.3, 0.4) is 0 Å². The van der Waals surface area contributed by atoms with E-state index in [-0.39, 0.29) is 17.6 Å². The van der Waals surface area contributed by atoms with Crippen molar-refractivity contribution in [1.82, 2.24) is 4.90 Å². The summed E-state index contributed by atoms with van der Waals surface area (Å²) in [4.78, 5) is 14.5. The van der Waals surface area contributed by atoms with Gasteiger partial charge in [-0.3, -0.25) is 4.79 Å². The largest absolute Gasteiger partial charge is 0.338 e. The van der Waals surface area contributed by atoms with Crippen molar-refractivity contribution >= 4 is 5.91 Å². The maximum atomic E-state index is 13.9. The molecular formula is C20H25FN2O. The second-order valence-corrected chi connectivity index (χ2v) is 6.07. The molecular weight excluding hydrogens is 303 g/mol. The summed E-state index contributed by atoms with van der Waals surface area (Å²) in [7, 11) is 0. The van der Waals surface area contributed by atoms with Gasteiger partial charge in [0, 0.05) is 19.5 Å². The topological polar surface area (TPSA) is 46.3 Å². The van der Waals surface area contributed by atoms with Gasteiger partial charge < -0.3 is 10.6 Å². The summed E-state index contributed by atoms with van der Waals surface area (Å²) in [6.45, 7) is 3.61. The molecule has 0 aliphatic heterocycles. The normalized spacial score (nSPS) is 12.0. The monoisotopic (exact) mass is 328 g/mol. The highest BCUT2D eigenvalue weighted by atomic mass is 19.1. The van der Waals surface area contributed by atoms with Crippen LogP contribution in [0.2, 0.25) is 0 Å². The van der Waals surface area contributed by atoms with Crippen molar-refractivity contribution in [1.29, 1.82) is 0 Å². The lowest BCUT2D eigenvalue weighted by atomic mass is 9.96. The zero-order chi connectivity index (χ0) is 17.4. The summed E-state index contributed by atoms with van der Waals surface area (Å²) < 4.78 is 13.9. The first-order chi connectivity index (χ1) is 11.6. The Morgan fingerprint density at radius 1 is 1.12 bits per heavy atom. The number of benzene rings is 2. The van der Waals surface area contributed by atoms with E-state index in [0.29, 0.717) is 31.6 Å². The van der Waals surface area contributed by atoms with E-state index in [0.717, 1.165) is 12.0 Å². The zero-order valence-corrected chi connectivity index (χ0v) is 14.1. The molecule has 2 aromatic rings. The van der Waals surface area contributed by atoms with Crippen LogP contribution in [0, 0.1) is 5.82 Å². The van der Waals surface area contributed by atoms with Crippen molar-refractivity contribution in [3.05, 3.63) is 71.5 Å². The quantitative estimate of drug-likeness (QED) is 0.803. The highest BCUT2D eigenvalue weighted by molar-refractivity contribution is 5.77. The van der Waals surface area contributed by atoms with E-state index in [1.165, 1.54) is 6.07 Å². The molecule has 3 nitrogen and oxygen atoms in total. The lowest BCUT2D eigenvalue weighted by Crippen LogP contribution is -2.33. The minimum Gasteiger partial charge on any atom is -0.338 e. The molecule has 2 rings (SSSR count). The van der Waals surface area contributed by atoms with Gasteiger partial charge >= 0.3 is 0 Å². The SMILES string of the molecule is CC(CC(=O)N(CCCN)Cc1ccccc1)c1ccccc1F. The maximum Gasteiger partial charge on any atom is 0.223 e. The molecule has 128 valence electrons. The Hall–Kier alpha value is -2.20. The lowest BCUT2D eigenvalue weighted by Gasteiger charge is -2.24. The molecule has 0 heterocycles. The first kappa shape index (κ1) is 18.1. The number of nitrogens with zero attached hydrogens (tertiary/aromatic N) is 1. The zero-order valence-electron chi connectivity index (χ0n) is 14.1. The van der Waals surface area contributed by atoms with E-state index < -0.39 is 0 Å². The van der Waals surface area contributed by atoms with Crippen molar-refractivity contribution < 1.29 is 9.18 Å². The minimum atomic E-state index is -0.255. The number of hydrogen-bond acceptors (Lipinski definition) is 2. The Morgan fingerprint density at radius 3 is 2.46 bits per heavy atom. The smallest absolute Gasteiger partial charge is 0.223 e. The number of nitrogens with two attached hydrogens (primary N) is 1. The van der Waals surface area contributed by atoms with Crippen LogP contribution in [0.25, 0.3) is 0 Å². The summed E-state index contributed by atoms with van der Waals surface area (Å²) >= 11 is 0. The second-order valence-electron chi connectivity index (χ2n) is 6.07. The molecule has 0 aliphatic rings. The molecule has 0 saturated carbocycles. The third-order valence-electron chi connectivity index (χ3n) is 4.12. The summed E-state index contributed by atoms with van der Waals surface area (Å²) in [6, 6.07) is 16.5. The third kappa shape index (κ3) is 5.17. The van der Waals surface area contributed by atoms with E-state index in [1.807, 2.05) is 42.2 Å². The molecule has 2 N–H and O–H groups in total. The van der Waals surface area contributed by atoms with Gasteiger partial charge in [-0.2, -0.15) is 0 Å². The van der Waals surface area contributed by atoms with Crippen molar-refractivity contribution in [2.75, 3.05) is 13.1 Å². The summed E-state index contributed by atoms with van der Waals surface area (Å²) in [6.07, 6.45) is 1.05. The van der Waals surface area contributed by atoms with Crippen LogP contribution in [0.1, 0.15) is 36.8 Å². The molecule has 0 aliphatic carbocycles. The van der Waals surface area contributed by atoms with Crippen molar-refractivity contribution in [3.63, 3.8) is 0 Å². The van der Waals surface area contributed by atoms with Crippen LogP contribution >= 0.6 is 0 Å². The number of amides is 1. The van der Waals surface area contributed by atoms with Crippen molar-refractivity contribution in [2.45, 2.75) is 32.2 Å². The van der Waals surface area contributed by atoms with Gasteiger partial charge in [0.05, 0.1) is 0 Å². The van der Waals surface area contributed by atoms with Crippen LogP contribution in [-0.4, -0.2) is 23.9 Å². The van der Waals surface area contributed by atoms with E-state index in [4.69, 9.17) is 5.73 Å². The minimum absolute atomic E-state index is 0.0306. The van der Waals surface area contributed by atoms with Crippen LogP contribution in [0.5, 0.6) is 0 Å². The van der Waals surface area contributed by atoms with Crippen LogP contribution in [0.4, 0.5) is 4.39 Å². The van der Waals surface area contributed by atoms with Gasteiger partial charge in [0.1, 0.15) is 5.82 Å². The second kappa shape index (κ2) is 9.18. The highest BCUT2D eigenvalue weighted by Gasteiger charge is 2.19. The van der Waals surface area contributed by atoms with E-state index in [9.17, 15) is 9.18 Å². The molecule has 0 bridgehead atoms. The third-order valence-corrected chi connectivity index (χ3v) is 4.12. The molecule has 0 aromatic heterocycles. The highest BCUT2D eigenvalue weighted by Crippen LogP contribution is 2.23. The standard InChI is InChI=1S/C20H25FN2O/c1-16(18-10-5-6-11-19(18)21)14-20(24)23(13-7-12-22)15-17-8-3-2-4-9-17/h2-6,8-11,16H,7,12-15,22H2,1H3. The first-order valence-electron chi connectivity index (χ1n) is 8.38. The Balaban J connectivity index is 2.05. The summed E-state index contributed by atoms with van der Waals surface area (Å²) in [5, 5.41) is 0. The molecule has 1 atom stereocenters. The fourth-order valence-corrected chi connectivity index (χ4v) is 2.75. The van der Waals surface area contributed by atoms with Gasteiger partial charge in [0.25, 0.3) is 0 Å². The van der Waals surface area contributed by atoms with Gasteiger partial charge in [-0.25, -0.2) is 4.39 Å². The van der Waals surface area contributed by atoms with Crippen molar-refractivity contribution in [3.8, 4) is 0 Å². The van der Waals surface area contributed by atoms with Gasteiger partial charge in [0.2, 0.25) is 5.91 Å². The van der Waals surface area contributed by atoms with Crippen LogP contribution in [0.15, 0.2) is 54.6 Å². The Kier molecular flexibility index (Phi) is 6.94. The molecule has 0 spiro atoms. The Morgan fingerprint density at radius 2 is 1.79 bits per heavy atom. The van der Waals surface area contributed by atoms with E-state index in [1.54, 1.807) is 18.2 Å². The number of carbonyl (C=O) groups is 1. The Bertz CT molecular complexity index is 645. The number of rotatable bonds is 8. The van der Waals surface area contributed by atoms with Gasteiger partial charge in [-0.1, -0.05) is 55.5 Å². The van der Waals surface area contributed by atoms with Crippen molar-refractivity contribution in [2.24, 2.45) is 5.73 Å². The number of hydrogen-bond donors (Lipinski definition) is 1. The molecule has 2 aromatic carbocycles. The molecule has 1 amide bonds. The van der Waals surface area contributed by atoms with Gasteiger partial charge in [-0.05, 0) is 36.1 Å². The molecule has 0 radical (unpaired) electrons. The molecule has 4 heteroatoms. The van der Waals surface area contributed by atoms with Gasteiger partial charge in [-0.15, -0.1) is 0 Å². The predicted molar refractivity (Wildman–Crippen MR) is 95.0 cm³/mol. The average Bonchev–Trinajstić information content (AvgIpc) is 2.59. The number of carbonyl (C=O) groups excluding carboxylic acids is 1. The van der Waals surface area contributed by atoms with Gasteiger partial charge in [0.15, 0.2) is 0 Å². The molecule has 24 heavy (non-hydrogen) atoms. The van der Waals surface area contributed by atoms with Crippen LogP contribution < -0.4 is 5.73 Å².